The zero-order chi connectivity index (χ0) is 13.3. The van der Waals surface area contributed by atoms with Crippen LogP contribution in [-0.2, 0) is 9.67 Å². The predicted octanol–water partition coefficient (Wildman–Crippen LogP) is 4.38. The van der Waals surface area contributed by atoms with Gasteiger partial charge < -0.3 is 4.74 Å². The van der Waals surface area contributed by atoms with Crippen molar-refractivity contribution >= 4 is 12.6 Å². The molecule has 1 spiro atoms. The first-order valence-corrected chi connectivity index (χ1v) is 7.88. The lowest BCUT2D eigenvalue weighted by Crippen LogP contribution is -2.35. The van der Waals surface area contributed by atoms with Crippen molar-refractivity contribution in [3.63, 3.8) is 0 Å². The van der Waals surface area contributed by atoms with E-state index in [9.17, 15) is 0 Å². The number of fused-ring (bicyclic) bond motifs is 1. The topological polar surface area (TPSA) is 9.23 Å². The third-order valence-corrected chi connectivity index (χ3v) is 7.00. The maximum Gasteiger partial charge on any atom is 0.137 e. The smallest absolute Gasteiger partial charge is 0.137 e. The fraction of sp³-hybridized carbons (Fsp3) is 0.647. The van der Waals surface area contributed by atoms with Gasteiger partial charge in [-0.3, -0.25) is 0 Å². The molecule has 2 heteroatoms. The molecule has 1 aliphatic heterocycles. The summed E-state index contributed by atoms with van der Waals surface area (Å²) in [6.07, 6.45) is 5.43. The van der Waals surface area contributed by atoms with Crippen molar-refractivity contribution in [3.8, 4) is 0 Å². The van der Waals surface area contributed by atoms with Crippen molar-refractivity contribution in [2.24, 2.45) is 16.7 Å². The normalized spacial score (nSPS) is 46.5. The SMILES string of the molecule is CC1(C)[C@@H]2CC[C@]13CC(S)(c1ccccc1)O[C@@H]3C2. The summed E-state index contributed by atoms with van der Waals surface area (Å²) < 4.78 is 6.48. The van der Waals surface area contributed by atoms with Crippen LogP contribution in [0.15, 0.2) is 30.3 Å². The van der Waals surface area contributed by atoms with Crippen molar-refractivity contribution in [1.29, 1.82) is 0 Å². The molecule has 0 N–H and O–H groups in total. The molecule has 0 radical (unpaired) electrons. The Morgan fingerprint density at radius 1 is 1.21 bits per heavy atom. The standard InChI is InChI=1S/C17H22OS/c1-15(2)13-8-9-16(15)11-17(19,18-14(16)10-13)12-6-4-3-5-7-12/h3-7,13-14,19H,8-11H2,1-2H3/t13-,14-,16-,17?/m1/s1. The fourth-order valence-electron chi connectivity index (χ4n) is 5.16. The Bertz CT molecular complexity index is 511. The highest BCUT2D eigenvalue weighted by atomic mass is 32.1. The molecule has 3 fully saturated rings. The first-order chi connectivity index (χ1) is 8.98. The summed E-state index contributed by atoms with van der Waals surface area (Å²) >= 11 is 4.96. The second-order valence-electron chi connectivity index (χ2n) is 7.28. The van der Waals surface area contributed by atoms with E-state index in [2.05, 4.69) is 44.2 Å². The molecule has 102 valence electrons. The van der Waals surface area contributed by atoms with E-state index < -0.39 is 0 Å². The Kier molecular flexibility index (Phi) is 2.32. The Balaban J connectivity index is 1.75. The van der Waals surface area contributed by atoms with Crippen LogP contribution >= 0.6 is 12.6 Å². The Morgan fingerprint density at radius 3 is 2.58 bits per heavy atom. The van der Waals surface area contributed by atoms with Gasteiger partial charge in [0, 0.05) is 5.41 Å². The van der Waals surface area contributed by atoms with Crippen LogP contribution < -0.4 is 0 Å². The molecule has 1 aromatic carbocycles. The van der Waals surface area contributed by atoms with Crippen molar-refractivity contribution in [1.82, 2.24) is 0 Å². The monoisotopic (exact) mass is 274 g/mol. The molecule has 19 heavy (non-hydrogen) atoms. The summed E-state index contributed by atoms with van der Waals surface area (Å²) in [6.45, 7) is 4.91. The van der Waals surface area contributed by atoms with Gasteiger partial charge in [-0.05, 0) is 42.6 Å². The highest BCUT2D eigenvalue weighted by Gasteiger charge is 2.70. The predicted molar refractivity (Wildman–Crippen MR) is 80.2 cm³/mol. The molecular weight excluding hydrogens is 252 g/mol. The van der Waals surface area contributed by atoms with E-state index >= 15 is 0 Å². The van der Waals surface area contributed by atoms with Crippen LogP contribution in [0.3, 0.4) is 0 Å². The van der Waals surface area contributed by atoms with Crippen molar-refractivity contribution in [2.75, 3.05) is 0 Å². The van der Waals surface area contributed by atoms with Crippen molar-refractivity contribution in [3.05, 3.63) is 35.9 Å². The molecule has 4 atom stereocenters. The summed E-state index contributed by atoms with van der Waals surface area (Å²) in [6, 6.07) is 10.6. The van der Waals surface area contributed by atoms with Crippen molar-refractivity contribution in [2.45, 2.75) is 50.6 Å². The zero-order valence-electron chi connectivity index (χ0n) is 11.7. The summed E-state index contributed by atoms with van der Waals surface area (Å²) in [5.41, 5.74) is 1.99. The lowest BCUT2D eigenvalue weighted by atomic mass is 9.66. The highest BCUT2D eigenvalue weighted by molar-refractivity contribution is 7.81. The minimum absolute atomic E-state index is 0.356. The molecule has 3 aliphatic rings. The first kappa shape index (κ1) is 12.3. The van der Waals surface area contributed by atoms with E-state index in [1.165, 1.54) is 24.8 Å². The second-order valence-corrected chi connectivity index (χ2v) is 8.01. The average molecular weight is 274 g/mol. The highest BCUT2D eigenvalue weighted by Crippen LogP contribution is 2.74. The number of hydrogen-bond donors (Lipinski definition) is 1. The summed E-state index contributed by atoms with van der Waals surface area (Å²) in [7, 11) is 0. The number of ether oxygens (including phenoxy) is 1. The molecule has 0 amide bonds. The summed E-state index contributed by atoms with van der Waals surface area (Å²) in [4.78, 5) is -0.376. The third kappa shape index (κ3) is 1.37. The van der Waals surface area contributed by atoms with E-state index in [4.69, 9.17) is 17.4 Å². The van der Waals surface area contributed by atoms with Crippen LogP contribution in [0.2, 0.25) is 0 Å². The Labute approximate surface area is 121 Å². The van der Waals surface area contributed by atoms with Gasteiger partial charge in [0.05, 0.1) is 6.10 Å². The number of rotatable bonds is 1. The molecule has 1 heterocycles. The molecule has 1 saturated heterocycles. The maximum absolute atomic E-state index is 6.48. The van der Waals surface area contributed by atoms with Gasteiger partial charge in [-0.1, -0.05) is 44.2 Å². The van der Waals surface area contributed by atoms with Crippen LogP contribution in [0.1, 0.15) is 45.1 Å². The van der Waals surface area contributed by atoms with Crippen LogP contribution in [0.4, 0.5) is 0 Å². The van der Waals surface area contributed by atoms with Gasteiger partial charge in [0.1, 0.15) is 4.93 Å². The van der Waals surface area contributed by atoms with Crippen LogP contribution in [0.25, 0.3) is 0 Å². The molecule has 4 rings (SSSR count). The van der Waals surface area contributed by atoms with Crippen LogP contribution in [0.5, 0.6) is 0 Å². The van der Waals surface area contributed by atoms with Gasteiger partial charge in [0.2, 0.25) is 0 Å². The minimum atomic E-state index is -0.376. The van der Waals surface area contributed by atoms with Gasteiger partial charge in [-0.2, -0.15) is 0 Å². The largest absolute Gasteiger partial charge is 0.356 e. The molecular formula is C17H22OS. The van der Waals surface area contributed by atoms with Crippen LogP contribution in [0, 0.1) is 16.7 Å². The Morgan fingerprint density at radius 2 is 1.95 bits per heavy atom. The van der Waals surface area contributed by atoms with E-state index in [0.717, 1.165) is 12.3 Å². The summed E-state index contributed by atoms with van der Waals surface area (Å²) in [5.74, 6) is 0.853. The zero-order valence-corrected chi connectivity index (χ0v) is 12.6. The van der Waals surface area contributed by atoms with Gasteiger partial charge >= 0.3 is 0 Å². The lowest BCUT2D eigenvalue weighted by Gasteiger charge is -2.37. The average Bonchev–Trinajstić information content (AvgIpc) is 2.91. The molecule has 1 unspecified atom stereocenters. The van der Waals surface area contributed by atoms with Gasteiger partial charge in [0.15, 0.2) is 0 Å². The second kappa shape index (κ2) is 3.59. The molecule has 2 saturated carbocycles. The van der Waals surface area contributed by atoms with Crippen molar-refractivity contribution < 1.29 is 4.74 Å². The van der Waals surface area contributed by atoms with E-state index in [0.29, 0.717) is 16.9 Å². The third-order valence-electron chi connectivity index (χ3n) is 6.47. The maximum atomic E-state index is 6.48. The van der Waals surface area contributed by atoms with Gasteiger partial charge in [-0.25, -0.2) is 0 Å². The van der Waals surface area contributed by atoms with E-state index in [1.54, 1.807) is 0 Å². The number of thiol groups is 1. The molecule has 2 aliphatic carbocycles. The molecule has 2 bridgehead atoms. The minimum Gasteiger partial charge on any atom is -0.356 e. The lowest BCUT2D eigenvalue weighted by molar-refractivity contribution is -0.00921. The van der Waals surface area contributed by atoms with Gasteiger partial charge in [0.25, 0.3) is 0 Å². The number of hydrogen-bond acceptors (Lipinski definition) is 2. The molecule has 1 aromatic rings. The van der Waals surface area contributed by atoms with Crippen LogP contribution in [-0.4, -0.2) is 6.10 Å². The summed E-state index contributed by atoms with van der Waals surface area (Å²) in [5, 5.41) is 0. The molecule has 1 nitrogen and oxygen atoms in total. The quantitative estimate of drug-likeness (QED) is 0.748. The Hall–Kier alpha value is -0.470. The van der Waals surface area contributed by atoms with E-state index in [1.807, 2.05) is 0 Å². The van der Waals surface area contributed by atoms with E-state index in [-0.39, 0.29) is 4.93 Å². The number of benzene rings is 1. The van der Waals surface area contributed by atoms with Gasteiger partial charge in [-0.15, -0.1) is 12.6 Å². The molecule has 0 aromatic heterocycles. The first-order valence-electron chi connectivity index (χ1n) is 7.44. The fourth-order valence-corrected chi connectivity index (χ4v) is 5.72.